The van der Waals surface area contributed by atoms with Gasteiger partial charge < -0.3 is 19.4 Å². The highest BCUT2D eigenvalue weighted by atomic mass is 32.1. The number of carbonyl (C=O) groups is 1. The lowest BCUT2D eigenvalue weighted by Gasteiger charge is -2.34. The van der Waals surface area contributed by atoms with Crippen LogP contribution in [-0.4, -0.2) is 57.7 Å². The van der Waals surface area contributed by atoms with Gasteiger partial charge in [-0.1, -0.05) is 6.07 Å². The number of hydrogen-bond donors (Lipinski definition) is 1. The van der Waals surface area contributed by atoms with Crippen LogP contribution in [0, 0.1) is 6.92 Å². The van der Waals surface area contributed by atoms with E-state index in [2.05, 4.69) is 35.4 Å². The van der Waals surface area contributed by atoms with Gasteiger partial charge in [-0.15, -0.1) is 11.3 Å². The molecule has 1 amide bonds. The topological polar surface area (TPSA) is 37.2 Å². The van der Waals surface area contributed by atoms with E-state index in [4.69, 9.17) is 4.74 Å². The Hall–Kier alpha value is -2.05. The summed E-state index contributed by atoms with van der Waals surface area (Å²) in [7, 11) is 3.61. The maximum absolute atomic E-state index is 12.6. The molecule has 6 heteroatoms. The Bertz CT molecular complexity index is 738. The summed E-state index contributed by atoms with van der Waals surface area (Å²) in [4.78, 5) is 19.4. The number of amides is 1. The van der Waals surface area contributed by atoms with Crippen molar-refractivity contribution in [3.8, 4) is 5.75 Å². The summed E-state index contributed by atoms with van der Waals surface area (Å²) in [6.07, 6.45) is 0. The first-order valence-electron chi connectivity index (χ1n) is 9.06. The minimum atomic E-state index is 0.225. The Kier molecular flexibility index (Phi) is 6.16. The predicted molar refractivity (Wildman–Crippen MR) is 106 cm³/mol. The Morgan fingerprint density at radius 3 is 2.73 bits per heavy atom. The molecule has 1 saturated heterocycles. The van der Waals surface area contributed by atoms with Crippen LogP contribution in [0.3, 0.4) is 0 Å². The monoisotopic (exact) mass is 374 g/mol. The van der Waals surface area contributed by atoms with Crippen molar-refractivity contribution in [2.24, 2.45) is 0 Å². The zero-order valence-electron chi connectivity index (χ0n) is 15.8. The number of likely N-dealkylation sites (N-methyl/N-ethyl adjacent to an activating group) is 1. The molecule has 1 aliphatic rings. The molecule has 2 heterocycles. The van der Waals surface area contributed by atoms with Gasteiger partial charge in [-0.3, -0.25) is 4.79 Å². The van der Waals surface area contributed by atoms with E-state index in [9.17, 15) is 4.79 Å². The van der Waals surface area contributed by atoms with E-state index in [1.54, 1.807) is 18.4 Å². The lowest BCUT2D eigenvalue weighted by Crippen LogP contribution is -3.15. The first-order chi connectivity index (χ1) is 12.6. The highest BCUT2D eigenvalue weighted by Crippen LogP contribution is 2.20. The molecule has 1 aromatic carbocycles. The molecule has 1 N–H and O–H groups in total. The van der Waals surface area contributed by atoms with E-state index >= 15 is 0 Å². The Morgan fingerprint density at radius 1 is 1.31 bits per heavy atom. The van der Waals surface area contributed by atoms with Gasteiger partial charge in [0, 0.05) is 23.7 Å². The lowest BCUT2D eigenvalue weighted by molar-refractivity contribution is -0.892. The second-order valence-corrected chi connectivity index (χ2v) is 7.89. The summed E-state index contributed by atoms with van der Waals surface area (Å²) in [6.45, 7) is 7.28. The minimum absolute atomic E-state index is 0.225. The number of nitrogens with zero attached hydrogens (tertiary/aromatic N) is 2. The van der Waals surface area contributed by atoms with Crippen molar-refractivity contribution in [3.63, 3.8) is 0 Å². The predicted octanol–water partition coefficient (Wildman–Crippen LogP) is 1.43. The fraction of sp³-hybridized carbons (Fsp3) is 0.450. The molecule has 2 aromatic rings. The first-order valence-corrected chi connectivity index (χ1v) is 9.94. The van der Waals surface area contributed by atoms with Crippen molar-refractivity contribution in [1.82, 2.24) is 4.90 Å². The fourth-order valence-electron chi connectivity index (χ4n) is 3.28. The van der Waals surface area contributed by atoms with Crippen LogP contribution < -0.4 is 14.5 Å². The molecule has 140 valence electrons. The highest BCUT2D eigenvalue weighted by molar-refractivity contribution is 7.10. The second kappa shape index (κ2) is 8.56. The van der Waals surface area contributed by atoms with Gasteiger partial charge in [-0.05, 0) is 36.1 Å². The molecule has 0 aliphatic carbocycles. The number of hydrogen-bond acceptors (Lipinski definition) is 4. The third kappa shape index (κ3) is 4.56. The Labute approximate surface area is 159 Å². The number of thiophene rings is 1. The third-order valence-electron chi connectivity index (χ3n) is 5.06. The molecule has 1 fully saturated rings. The van der Waals surface area contributed by atoms with Crippen LogP contribution in [0.1, 0.15) is 10.4 Å². The number of carbonyl (C=O) groups excluding carboxylic acids is 1. The van der Waals surface area contributed by atoms with Crippen LogP contribution in [0.2, 0.25) is 0 Å². The molecular weight excluding hydrogens is 346 g/mol. The van der Waals surface area contributed by atoms with Gasteiger partial charge in [0.15, 0.2) is 6.54 Å². The van der Waals surface area contributed by atoms with Gasteiger partial charge in [-0.2, -0.15) is 0 Å². The van der Waals surface area contributed by atoms with Crippen LogP contribution in [0.5, 0.6) is 5.75 Å². The summed E-state index contributed by atoms with van der Waals surface area (Å²) in [5, 5.41) is 2.09. The molecule has 1 aliphatic heterocycles. The zero-order chi connectivity index (χ0) is 18.5. The van der Waals surface area contributed by atoms with E-state index in [1.807, 2.05) is 24.1 Å². The van der Waals surface area contributed by atoms with Crippen molar-refractivity contribution in [3.05, 3.63) is 46.2 Å². The summed E-state index contributed by atoms with van der Waals surface area (Å²) in [5.41, 5.74) is 2.47. The van der Waals surface area contributed by atoms with Crippen molar-refractivity contribution in [2.45, 2.75) is 13.5 Å². The summed E-state index contributed by atoms with van der Waals surface area (Å²) < 4.78 is 5.32. The number of anilines is 1. The highest BCUT2D eigenvalue weighted by Gasteiger charge is 2.24. The minimum Gasteiger partial charge on any atom is -0.497 e. The average Bonchev–Trinajstić information content (AvgIpc) is 3.07. The maximum atomic E-state index is 12.6. The van der Waals surface area contributed by atoms with Gasteiger partial charge in [0.05, 0.1) is 39.8 Å². The average molecular weight is 375 g/mol. The fourth-order valence-corrected chi connectivity index (χ4v) is 4.24. The van der Waals surface area contributed by atoms with E-state index < -0.39 is 0 Å². The molecule has 26 heavy (non-hydrogen) atoms. The van der Waals surface area contributed by atoms with Gasteiger partial charge in [-0.25, -0.2) is 0 Å². The van der Waals surface area contributed by atoms with Gasteiger partial charge in [0.1, 0.15) is 5.75 Å². The second-order valence-electron chi connectivity index (χ2n) is 6.89. The van der Waals surface area contributed by atoms with Gasteiger partial charge in [0.2, 0.25) is 0 Å². The number of ether oxygens (including phenoxy) is 1. The van der Waals surface area contributed by atoms with Crippen LogP contribution in [-0.2, 0) is 11.3 Å². The number of nitrogens with one attached hydrogen (secondary N) is 1. The Morgan fingerprint density at radius 2 is 2.08 bits per heavy atom. The molecule has 0 spiro atoms. The maximum Gasteiger partial charge on any atom is 0.277 e. The molecule has 3 rings (SSSR count). The van der Waals surface area contributed by atoms with Crippen molar-refractivity contribution in [1.29, 1.82) is 0 Å². The van der Waals surface area contributed by atoms with Crippen molar-refractivity contribution >= 4 is 22.9 Å². The van der Waals surface area contributed by atoms with E-state index in [0.29, 0.717) is 13.1 Å². The molecule has 0 bridgehead atoms. The quantitative estimate of drug-likeness (QED) is 0.831. The summed E-state index contributed by atoms with van der Waals surface area (Å²) >= 11 is 1.72. The van der Waals surface area contributed by atoms with E-state index in [0.717, 1.165) is 31.9 Å². The van der Waals surface area contributed by atoms with Gasteiger partial charge >= 0.3 is 0 Å². The number of rotatable bonds is 6. The van der Waals surface area contributed by atoms with Crippen LogP contribution in [0.25, 0.3) is 0 Å². The molecule has 5 nitrogen and oxygen atoms in total. The SMILES string of the molecule is COc1cccc(N2CC[NH+](CC(=O)N(C)Cc3sccc3C)CC2)c1. The first kappa shape index (κ1) is 18.7. The smallest absolute Gasteiger partial charge is 0.277 e. The van der Waals surface area contributed by atoms with E-state index in [1.165, 1.54) is 21.0 Å². The van der Waals surface area contributed by atoms with E-state index in [-0.39, 0.29) is 5.91 Å². The van der Waals surface area contributed by atoms with Crippen LogP contribution >= 0.6 is 11.3 Å². The zero-order valence-corrected chi connectivity index (χ0v) is 16.6. The number of aryl methyl sites for hydroxylation is 1. The standard InChI is InChI=1S/C20H27N3O2S/c1-16-7-12-26-19(16)14-21(2)20(24)15-22-8-10-23(11-9-22)17-5-4-6-18(13-17)25-3/h4-7,12-13H,8-11,14-15H2,1-3H3/p+1. The normalized spacial score (nSPS) is 15.1. The molecule has 0 atom stereocenters. The van der Waals surface area contributed by atoms with Crippen molar-refractivity contribution in [2.75, 3.05) is 51.8 Å². The van der Waals surface area contributed by atoms with Crippen molar-refractivity contribution < 1.29 is 14.4 Å². The molecule has 1 aromatic heterocycles. The van der Waals surface area contributed by atoms with Crippen LogP contribution in [0.4, 0.5) is 5.69 Å². The number of piperazine rings is 1. The molecular formula is C20H28N3O2S+. The lowest BCUT2D eigenvalue weighted by atomic mass is 10.2. The summed E-state index contributed by atoms with van der Waals surface area (Å²) in [6, 6.07) is 10.3. The summed E-state index contributed by atoms with van der Waals surface area (Å²) in [5.74, 6) is 1.11. The third-order valence-corrected chi connectivity index (χ3v) is 6.07. The Balaban J connectivity index is 1.48. The number of benzene rings is 1. The van der Waals surface area contributed by atoms with Gasteiger partial charge in [0.25, 0.3) is 5.91 Å². The molecule has 0 radical (unpaired) electrons. The molecule has 0 saturated carbocycles. The number of quaternary nitrogens is 1. The van der Waals surface area contributed by atoms with Crippen LogP contribution in [0.15, 0.2) is 35.7 Å². The number of methoxy groups -OCH3 is 1. The largest absolute Gasteiger partial charge is 0.497 e. The molecule has 0 unspecified atom stereocenters.